The highest BCUT2D eigenvalue weighted by Crippen LogP contribution is 2.46. The summed E-state index contributed by atoms with van der Waals surface area (Å²) in [6.45, 7) is 1.56. The zero-order valence-corrected chi connectivity index (χ0v) is 29.7. The molecule has 2 aliphatic heterocycles. The summed E-state index contributed by atoms with van der Waals surface area (Å²) < 4.78 is 50.1. The lowest BCUT2D eigenvalue weighted by Crippen LogP contribution is -2.58. The normalized spacial score (nSPS) is 26.8. The number of ether oxygens (including phenoxy) is 1. The van der Waals surface area contributed by atoms with Gasteiger partial charge in [0.1, 0.15) is 40.6 Å². The van der Waals surface area contributed by atoms with Gasteiger partial charge in [-0.15, -0.1) is 0 Å². The average molecular weight is 737 g/mol. The quantitative estimate of drug-likeness (QED) is 0.302. The molecule has 1 saturated heterocycles. The molecule has 2 aliphatic carbocycles. The van der Waals surface area contributed by atoms with Crippen LogP contribution >= 0.6 is 0 Å². The van der Waals surface area contributed by atoms with E-state index >= 15 is 0 Å². The van der Waals surface area contributed by atoms with E-state index in [1.807, 2.05) is 12.2 Å². The van der Waals surface area contributed by atoms with E-state index in [9.17, 15) is 32.0 Å². The summed E-state index contributed by atoms with van der Waals surface area (Å²) in [6.07, 6.45) is 8.71. The first kappa shape index (κ1) is 35.5. The molecular weight excluding hydrogens is 695 g/mol. The van der Waals surface area contributed by atoms with Gasteiger partial charge in [0, 0.05) is 25.6 Å². The van der Waals surface area contributed by atoms with Gasteiger partial charge in [0.05, 0.1) is 17.3 Å². The first-order chi connectivity index (χ1) is 24.8. The van der Waals surface area contributed by atoms with Crippen LogP contribution in [0.15, 0.2) is 42.6 Å². The number of allylic oxidation sites excluding steroid dienone is 1. The Balaban J connectivity index is 1.20. The molecule has 4 aliphatic rings. The number of aromatic nitrogens is 4. The topological polar surface area (TPSA) is 195 Å². The Morgan fingerprint density at radius 2 is 1.90 bits per heavy atom. The molecule has 4 amide bonds. The van der Waals surface area contributed by atoms with E-state index in [1.165, 1.54) is 27.8 Å². The molecule has 0 unspecified atom stereocenters. The molecule has 3 fully saturated rings. The number of benzene rings is 1. The maximum Gasteiger partial charge on any atom is 0.272 e. The Morgan fingerprint density at radius 1 is 1.10 bits per heavy atom. The molecule has 2 saturated carbocycles. The summed E-state index contributed by atoms with van der Waals surface area (Å²) in [5.41, 5.74) is -0.693. The van der Waals surface area contributed by atoms with Crippen molar-refractivity contribution in [1.82, 2.24) is 40.0 Å². The van der Waals surface area contributed by atoms with Crippen LogP contribution in [0, 0.1) is 18.7 Å². The maximum atomic E-state index is 14.7. The molecule has 7 rings (SSSR count). The lowest BCUT2D eigenvalue weighted by atomic mass is 10.0. The van der Waals surface area contributed by atoms with E-state index in [4.69, 9.17) is 4.74 Å². The number of aryl methyl sites for hydroxylation is 2. The molecular formula is C35H41FN8O7S. The molecule has 15 nitrogen and oxygen atoms in total. The SMILES string of the molecule is Cc1nc2cccc(F)c2nc1O[C@@H]1C[C@H]2C(=O)N[C@]3(C(=O)NS(=O)(=O)C4CC4)C[C@H]3C=CCCCCC[C@H](NC(=O)c3ccn(C)n3)C(=O)N2C1. The summed E-state index contributed by atoms with van der Waals surface area (Å²) in [5, 5.41) is 9.15. The highest BCUT2D eigenvalue weighted by molar-refractivity contribution is 7.91. The highest BCUT2D eigenvalue weighted by atomic mass is 32.2. The van der Waals surface area contributed by atoms with Crippen molar-refractivity contribution in [3.05, 3.63) is 59.8 Å². The number of rotatable bonds is 7. The van der Waals surface area contributed by atoms with Gasteiger partial charge in [-0.3, -0.25) is 28.6 Å². The van der Waals surface area contributed by atoms with Gasteiger partial charge in [0.25, 0.3) is 11.8 Å². The Hall–Kier alpha value is -4.93. The number of fused-ring (bicyclic) bond motifs is 3. The monoisotopic (exact) mass is 736 g/mol. The van der Waals surface area contributed by atoms with E-state index in [0.29, 0.717) is 43.3 Å². The number of amides is 4. The van der Waals surface area contributed by atoms with Crippen molar-refractivity contribution in [2.75, 3.05) is 6.54 Å². The van der Waals surface area contributed by atoms with Crippen molar-refractivity contribution in [1.29, 1.82) is 0 Å². The fourth-order valence-corrected chi connectivity index (χ4v) is 8.36. The van der Waals surface area contributed by atoms with Gasteiger partial charge in [-0.05, 0) is 63.6 Å². The lowest BCUT2D eigenvalue weighted by Gasteiger charge is -2.29. The van der Waals surface area contributed by atoms with Crippen LogP contribution in [0.4, 0.5) is 4.39 Å². The van der Waals surface area contributed by atoms with Crippen LogP contribution in [0.5, 0.6) is 5.88 Å². The first-order valence-electron chi connectivity index (χ1n) is 17.6. The molecule has 2 aromatic heterocycles. The van der Waals surface area contributed by atoms with E-state index in [1.54, 1.807) is 26.2 Å². The number of halogens is 1. The van der Waals surface area contributed by atoms with Gasteiger partial charge in [0.15, 0.2) is 5.82 Å². The largest absolute Gasteiger partial charge is 0.471 e. The van der Waals surface area contributed by atoms with Gasteiger partial charge in [-0.1, -0.05) is 31.1 Å². The van der Waals surface area contributed by atoms with Crippen molar-refractivity contribution < 1.29 is 36.7 Å². The van der Waals surface area contributed by atoms with Gasteiger partial charge in [-0.25, -0.2) is 22.8 Å². The Bertz CT molecular complexity index is 2070. The van der Waals surface area contributed by atoms with Crippen LogP contribution in [0.2, 0.25) is 0 Å². The van der Waals surface area contributed by atoms with Crippen molar-refractivity contribution in [2.45, 2.75) is 93.7 Å². The molecule has 0 spiro atoms. The number of sulfonamides is 1. The highest BCUT2D eigenvalue weighted by Gasteiger charge is 2.62. The second kappa shape index (κ2) is 13.9. The van der Waals surface area contributed by atoms with Crippen LogP contribution in [-0.2, 0) is 31.5 Å². The third-order valence-corrected chi connectivity index (χ3v) is 12.0. The van der Waals surface area contributed by atoms with Crippen LogP contribution in [-0.4, -0.2) is 92.2 Å². The Kier molecular flexibility index (Phi) is 9.48. The molecule has 3 N–H and O–H groups in total. The predicted molar refractivity (Wildman–Crippen MR) is 185 cm³/mol. The first-order valence-corrected chi connectivity index (χ1v) is 19.1. The van der Waals surface area contributed by atoms with E-state index < -0.39 is 74.4 Å². The minimum atomic E-state index is -3.91. The second-order valence-corrected chi connectivity index (χ2v) is 16.1. The minimum Gasteiger partial charge on any atom is -0.471 e. The van der Waals surface area contributed by atoms with Crippen molar-refractivity contribution in [3.8, 4) is 5.88 Å². The zero-order chi connectivity index (χ0) is 36.8. The van der Waals surface area contributed by atoms with Crippen molar-refractivity contribution in [2.24, 2.45) is 13.0 Å². The molecule has 17 heteroatoms. The fourth-order valence-electron chi connectivity index (χ4n) is 7.00. The van der Waals surface area contributed by atoms with E-state index in [2.05, 4.69) is 30.4 Å². The van der Waals surface area contributed by atoms with Gasteiger partial charge in [-0.2, -0.15) is 5.10 Å². The molecule has 0 bridgehead atoms. The van der Waals surface area contributed by atoms with Gasteiger partial charge >= 0.3 is 0 Å². The second-order valence-electron chi connectivity index (χ2n) is 14.1. The third-order valence-electron chi connectivity index (χ3n) is 10.1. The smallest absolute Gasteiger partial charge is 0.272 e. The number of nitrogens with zero attached hydrogens (tertiary/aromatic N) is 5. The fraction of sp³-hybridized carbons (Fsp3) is 0.514. The summed E-state index contributed by atoms with van der Waals surface area (Å²) in [5.74, 6) is -3.58. The van der Waals surface area contributed by atoms with Crippen LogP contribution < -0.4 is 20.1 Å². The van der Waals surface area contributed by atoms with Crippen molar-refractivity contribution >= 4 is 44.7 Å². The molecule has 1 aromatic carbocycles. The summed E-state index contributed by atoms with van der Waals surface area (Å²) >= 11 is 0. The number of hydrogen-bond donors (Lipinski definition) is 3. The Labute approximate surface area is 299 Å². The third kappa shape index (κ3) is 7.22. The molecule has 52 heavy (non-hydrogen) atoms. The van der Waals surface area contributed by atoms with E-state index in [-0.39, 0.29) is 36.5 Å². The number of nitrogens with one attached hydrogen (secondary N) is 3. The number of hydrogen-bond acceptors (Lipinski definition) is 10. The zero-order valence-electron chi connectivity index (χ0n) is 28.9. The summed E-state index contributed by atoms with van der Waals surface area (Å²) in [6, 6.07) is 3.75. The molecule has 0 radical (unpaired) electrons. The van der Waals surface area contributed by atoms with Gasteiger partial charge < -0.3 is 20.3 Å². The standard InChI is InChI=1S/C35H41FN8O7S/c1-20-32(39-29-24(36)10-8-12-25(29)37-20)51-22-17-28-31(46)40-35(34(48)42-52(49,50)23-13-14-23)18-21(35)9-6-4-3-5-7-11-27(33(47)44(28)19-22)38-30(45)26-15-16-43(2)41-26/h6,8-10,12,15-16,21-23,27-28H,3-5,7,11,13-14,17-19H2,1-2H3,(H,38,45)(H,40,46)(H,42,48)/t21-,22-,27+,28+,35-/m1/s1. The average Bonchev–Trinajstić information content (AvgIpc) is 3.99. The lowest BCUT2D eigenvalue weighted by molar-refractivity contribution is -0.141. The van der Waals surface area contributed by atoms with Crippen molar-refractivity contribution in [3.63, 3.8) is 0 Å². The van der Waals surface area contributed by atoms with Gasteiger partial charge in [0.2, 0.25) is 27.7 Å². The minimum absolute atomic E-state index is 0.00370. The molecule has 276 valence electrons. The molecule has 5 atom stereocenters. The summed E-state index contributed by atoms with van der Waals surface area (Å²) in [7, 11) is -2.24. The maximum absolute atomic E-state index is 14.7. The predicted octanol–water partition coefficient (Wildman–Crippen LogP) is 1.96. The van der Waals surface area contributed by atoms with Crippen LogP contribution in [0.1, 0.15) is 74.0 Å². The summed E-state index contributed by atoms with van der Waals surface area (Å²) in [4.78, 5) is 65.7. The molecule has 3 aromatic rings. The number of carbonyl (C=O) groups excluding carboxylic acids is 4. The van der Waals surface area contributed by atoms with Crippen LogP contribution in [0.3, 0.4) is 0 Å². The Morgan fingerprint density at radius 3 is 2.65 bits per heavy atom. The van der Waals surface area contributed by atoms with E-state index in [0.717, 1.165) is 12.8 Å². The number of para-hydroxylation sites is 1. The van der Waals surface area contributed by atoms with Crippen LogP contribution in [0.25, 0.3) is 11.0 Å². The molecule has 4 heterocycles. The number of carbonyl (C=O) groups is 4.